The van der Waals surface area contributed by atoms with Gasteiger partial charge in [-0.3, -0.25) is 0 Å². The zero-order chi connectivity index (χ0) is 12.3. The fraction of sp³-hybridized carbons (Fsp3) is 0.571. The highest BCUT2D eigenvalue weighted by atomic mass is 16.5. The fourth-order valence-electron chi connectivity index (χ4n) is 2.37. The quantitative estimate of drug-likeness (QED) is 0.823. The topological polar surface area (TPSA) is 47.3 Å². The van der Waals surface area contributed by atoms with Crippen molar-refractivity contribution in [3.05, 3.63) is 23.8 Å². The van der Waals surface area contributed by atoms with Crippen LogP contribution >= 0.6 is 0 Å². The summed E-state index contributed by atoms with van der Waals surface area (Å²) in [6.07, 6.45) is 3.79. The van der Waals surface area contributed by atoms with Crippen molar-refractivity contribution in [3.8, 4) is 5.75 Å². The van der Waals surface area contributed by atoms with Crippen LogP contribution < -0.4 is 15.8 Å². The number of aryl methyl sites for hydroxylation is 1. The van der Waals surface area contributed by atoms with E-state index in [1.165, 1.54) is 24.8 Å². The predicted octanol–water partition coefficient (Wildman–Crippen LogP) is 2.54. The SMILES string of the molecule is COc1ccc(C)cc1NCC1(CN)CCC1. The number of anilines is 1. The lowest BCUT2D eigenvalue weighted by Crippen LogP contribution is -2.43. The summed E-state index contributed by atoms with van der Waals surface area (Å²) in [7, 11) is 1.71. The number of benzene rings is 1. The Morgan fingerprint density at radius 3 is 2.71 bits per heavy atom. The molecule has 3 nitrogen and oxygen atoms in total. The third-order valence-electron chi connectivity index (χ3n) is 3.86. The molecule has 1 saturated carbocycles. The van der Waals surface area contributed by atoms with Crippen molar-refractivity contribution in [1.29, 1.82) is 0 Å². The van der Waals surface area contributed by atoms with Crippen LogP contribution in [0.25, 0.3) is 0 Å². The molecule has 1 aliphatic carbocycles. The predicted molar refractivity (Wildman–Crippen MR) is 71.6 cm³/mol. The normalized spacial score (nSPS) is 17.4. The van der Waals surface area contributed by atoms with Crippen molar-refractivity contribution in [1.82, 2.24) is 0 Å². The second-order valence-electron chi connectivity index (χ2n) is 5.11. The monoisotopic (exact) mass is 234 g/mol. The molecule has 0 radical (unpaired) electrons. The van der Waals surface area contributed by atoms with Gasteiger partial charge in [-0.15, -0.1) is 0 Å². The second kappa shape index (κ2) is 4.96. The molecule has 2 rings (SSSR count). The zero-order valence-corrected chi connectivity index (χ0v) is 10.8. The van der Waals surface area contributed by atoms with Gasteiger partial charge in [-0.05, 0) is 49.4 Å². The summed E-state index contributed by atoms with van der Waals surface area (Å²) >= 11 is 0. The lowest BCUT2D eigenvalue weighted by atomic mass is 9.69. The average Bonchev–Trinajstić information content (AvgIpc) is 2.28. The molecule has 0 atom stereocenters. The summed E-state index contributed by atoms with van der Waals surface area (Å²) in [5.41, 5.74) is 8.49. The van der Waals surface area contributed by atoms with Crippen LogP contribution in [0.1, 0.15) is 24.8 Å². The van der Waals surface area contributed by atoms with Crippen molar-refractivity contribution >= 4 is 5.69 Å². The number of ether oxygens (including phenoxy) is 1. The van der Waals surface area contributed by atoms with Crippen LogP contribution in [0.15, 0.2) is 18.2 Å². The summed E-state index contributed by atoms with van der Waals surface area (Å²) in [6.45, 7) is 3.81. The lowest BCUT2D eigenvalue weighted by molar-refractivity contribution is 0.163. The molecule has 0 amide bonds. The molecule has 0 spiro atoms. The molecule has 3 N–H and O–H groups in total. The van der Waals surface area contributed by atoms with E-state index < -0.39 is 0 Å². The number of rotatable bonds is 5. The van der Waals surface area contributed by atoms with E-state index in [1.807, 2.05) is 6.07 Å². The highest BCUT2D eigenvalue weighted by Gasteiger charge is 2.35. The Bertz CT molecular complexity index is 380. The molecule has 1 aliphatic rings. The summed E-state index contributed by atoms with van der Waals surface area (Å²) in [5.74, 6) is 0.905. The Kier molecular flexibility index (Phi) is 3.57. The van der Waals surface area contributed by atoms with Crippen LogP contribution in [0.3, 0.4) is 0 Å². The van der Waals surface area contributed by atoms with Crippen LogP contribution in [-0.2, 0) is 0 Å². The molecule has 1 aromatic carbocycles. The minimum atomic E-state index is 0.314. The van der Waals surface area contributed by atoms with Gasteiger partial charge in [-0.1, -0.05) is 12.5 Å². The van der Waals surface area contributed by atoms with E-state index in [9.17, 15) is 0 Å². The van der Waals surface area contributed by atoms with E-state index in [0.29, 0.717) is 5.41 Å². The van der Waals surface area contributed by atoms with E-state index >= 15 is 0 Å². The Labute approximate surface area is 103 Å². The molecule has 0 heterocycles. The van der Waals surface area contributed by atoms with Gasteiger partial charge in [-0.2, -0.15) is 0 Å². The third-order valence-corrected chi connectivity index (χ3v) is 3.86. The van der Waals surface area contributed by atoms with Crippen LogP contribution in [0.5, 0.6) is 5.75 Å². The molecular formula is C14H22N2O. The van der Waals surface area contributed by atoms with Gasteiger partial charge in [-0.25, -0.2) is 0 Å². The first-order valence-electron chi connectivity index (χ1n) is 6.28. The molecule has 0 aromatic heterocycles. The van der Waals surface area contributed by atoms with Gasteiger partial charge in [0, 0.05) is 6.54 Å². The Morgan fingerprint density at radius 1 is 1.41 bits per heavy atom. The van der Waals surface area contributed by atoms with E-state index in [2.05, 4.69) is 24.4 Å². The highest BCUT2D eigenvalue weighted by Crippen LogP contribution is 2.40. The van der Waals surface area contributed by atoms with Gasteiger partial charge in [0.1, 0.15) is 5.75 Å². The first-order valence-corrected chi connectivity index (χ1v) is 6.28. The Hall–Kier alpha value is -1.22. The average molecular weight is 234 g/mol. The zero-order valence-electron chi connectivity index (χ0n) is 10.8. The number of hydrogen-bond donors (Lipinski definition) is 2. The molecule has 0 bridgehead atoms. The molecular weight excluding hydrogens is 212 g/mol. The van der Waals surface area contributed by atoms with Gasteiger partial charge >= 0.3 is 0 Å². The minimum absolute atomic E-state index is 0.314. The van der Waals surface area contributed by atoms with Crippen LogP contribution in [0.4, 0.5) is 5.69 Å². The van der Waals surface area contributed by atoms with Gasteiger partial charge in [0.05, 0.1) is 12.8 Å². The summed E-state index contributed by atoms with van der Waals surface area (Å²) < 4.78 is 5.36. The summed E-state index contributed by atoms with van der Waals surface area (Å²) in [6, 6.07) is 6.20. The van der Waals surface area contributed by atoms with Crippen LogP contribution in [-0.4, -0.2) is 20.2 Å². The third kappa shape index (κ3) is 2.55. The van der Waals surface area contributed by atoms with Gasteiger partial charge in [0.2, 0.25) is 0 Å². The summed E-state index contributed by atoms with van der Waals surface area (Å²) in [4.78, 5) is 0. The molecule has 1 fully saturated rings. The van der Waals surface area contributed by atoms with Gasteiger partial charge < -0.3 is 15.8 Å². The first kappa shape index (κ1) is 12.2. The number of nitrogens with one attached hydrogen (secondary N) is 1. The van der Waals surface area contributed by atoms with E-state index in [-0.39, 0.29) is 0 Å². The molecule has 0 unspecified atom stereocenters. The number of hydrogen-bond acceptors (Lipinski definition) is 3. The highest BCUT2D eigenvalue weighted by molar-refractivity contribution is 5.58. The number of nitrogens with two attached hydrogens (primary N) is 1. The van der Waals surface area contributed by atoms with Crippen molar-refractivity contribution < 1.29 is 4.74 Å². The van der Waals surface area contributed by atoms with Crippen LogP contribution in [0, 0.1) is 12.3 Å². The molecule has 0 aliphatic heterocycles. The van der Waals surface area contributed by atoms with Crippen LogP contribution in [0.2, 0.25) is 0 Å². The van der Waals surface area contributed by atoms with E-state index in [4.69, 9.17) is 10.5 Å². The standard InChI is InChI=1S/C14H22N2O/c1-11-4-5-13(17-2)12(8-11)16-10-14(9-15)6-3-7-14/h4-5,8,16H,3,6-7,9-10,15H2,1-2H3. The van der Waals surface area contributed by atoms with E-state index in [1.54, 1.807) is 7.11 Å². The maximum Gasteiger partial charge on any atom is 0.141 e. The number of methoxy groups -OCH3 is 1. The van der Waals surface area contributed by atoms with Gasteiger partial charge in [0.15, 0.2) is 0 Å². The molecule has 0 saturated heterocycles. The Balaban J connectivity index is 2.05. The van der Waals surface area contributed by atoms with E-state index in [0.717, 1.165) is 24.5 Å². The first-order chi connectivity index (χ1) is 8.19. The molecule has 1 aromatic rings. The summed E-state index contributed by atoms with van der Waals surface area (Å²) in [5, 5.41) is 3.49. The maximum absolute atomic E-state index is 5.86. The largest absolute Gasteiger partial charge is 0.495 e. The fourth-order valence-corrected chi connectivity index (χ4v) is 2.37. The molecule has 3 heteroatoms. The lowest BCUT2D eigenvalue weighted by Gasteiger charge is -2.41. The van der Waals surface area contributed by atoms with Crippen molar-refractivity contribution in [2.75, 3.05) is 25.5 Å². The smallest absolute Gasteiger partial charge is 0.141 e. The second-order valence-corrected chi connectivity index (χ2v) is 5.11. The molecule has 94 valence electrons. The molecule has 17 heavy (non-hydrogen) atoms. The van der Waals surface area contributed by atoms with Crippen molar-refractivity contribution in [2.24, 2.45) is 11.1 Å². The Morgan fingerprint density at radius 2 is 2.18 bits per heavy atom. The van der Waals surface area contributed by atoms with Gasteiger partial charge in [0.25, 0.3) is 0 Å². The minimum Gasteiger partial charge on any atom is -0.495 e. The van der Waals surface area contributed by atoms with Crippen molar-refractivity contribution in [2.45, 2.75) is 26.2 Å². The maximum atomic E-state index is 5.86. The van der Waals surface area contributed by atoms with Crippen molar-refractivity contribution in [3.63, 3.8) is 0 Å².